The van der Waals surface area contributed by atoms with Crippen molar-refractivity contribution in [3.05, 3.63) is 64.8 Å². The number of hydrogen-bond acceptors (Lipinski definition) is 4. The maximum Gasteiger partial charge on any atom is 0.480 e. The number of halogens is 6. The van der Waals surface area contributed by atoms with Gasteiger partial charge in [0.25, 0.3) is 0 Å². The smallest absolute Gasteiger partial charge is 0.421 e. The van der Waals surface area contributed by atoms with Crippen LogP contribution >= 0.6 is 15.8 Å². The summed E-state index contributed by atoms with van der Waals surface area (Å²) in [5.41, 5.74) is -9.61. The van der Waals surface area contributed by atoms with E-state index in [1.165, 1.54) is 11.0 Å². The molecule has 1 aromatic heterocycles. The van der Waals surface area contributed by atoms with Gasteiger partial charge in [-0.15, -0.1) is 0 Å². The van der Waals surface area contributed by atoms with Crippen molar-refractivity contribution in [3.8, 4) is 0 Å². The molecule has 0 amide bonds. The van der Waals surface area contributed by atoms with E-state index in [0.717, 1.165) is 16.7 Å². The molecule has 0 saturated carbocycles. The summed E-state index contributed by atoms with van der Waals surface area (Å²) in [5.74, 6) is 0. The third kappa shape index (κ3) is 15.4. The van der Waals surface area contributed by atoms with Crippen LogP contribution in [0.2, 0.25) is 0 Å². The molecule has 0 radical (unpaired) electrons. The SMILES string of the molecule is CC(C)(C)[PH+](Cn1b[n+](C[PH+](C(C)(C)C)C(C)(C)C)c2ccccc21)C(C)(C)C.O=S(=O)([N-]S(=O)(=O)C(F)(F)F)C(F)(F)F.[Pt].c1ccccc1. The molecule has 0 atom stereocenters. The van der Waals surface area contributed by atoms with Gasteiger partial charge in [0.05, 0.1) is 0 Å². The van der Waals surface area contributed by atoms with Crippen molar-refractivity contribution in [2.75, 3.05) is 0 Å². The van der Waals surface area contributed by atoms with E-state index in [2.05, 4.69) is 123 Å². The third-order valence-electron chi connectivity index (χ3n) is 7.51. The van der Waals surface area contributed by atoms with E-state index in [4.69, 9.17) is 0 Å². The molecule has 3 aromatic rings. The molecule has 19 heteroatoms. The number of sulfonamides is 2. The molecule has 1 heterocycles. The second-order valence-electron chi connectivity index (χ2n) is 15.9. The zero-order valence-corrected chi connectivity index (χ0v) is 37.0. The molecule has 3 rings (SSSR count). The Morgan fingerprint density at radius 3 is 1.25 bits per heavy atom. The summed E-state index contributed by atoms with van der Waals surface area (Å²) in [5, 5.41) is 1.46. The molecule has 51 heavy (non-hydrogen) atoms. The molecular formula is C32H52BF6N3O4P2PtS2+2. The molecule has 2 aromatic carbocycles. The van der Waals surface area contributed by atoms with Crippen LogP contribution in [0.3, 0.4) is 0 Å². The van der Waals surface area contributed by atoms with Gasteiger partial charge in [-0.3, -0.25) is 0 Å². The van der Waals surface area contributed by atoms with Crippen molar-refractivity contribution >= 4 is 54.1 Å². The van der Waals surface area contributed by atoms with Gasteiger partial charge in [0.2, 0.25) is 0 Å². The maximum absolute atomic E-state index is 11.4. The molecule has 0 aliphatic rings. The monoisotopic (exact) mass is 988 g/mol. The fourth-order valence-corrected chi connectivity index (χ4v) is 14.9. The van der Waals surface area contributed by atoms with E-state index >= 15 is 0 Å². The predicted molar refractivity (Wildman–Crippen MR) is 199 cm³/mol. The van der Waals surface area contributed by atoms with E-state index in [1.54, 1.807) is 0 Å². The van der Waals surface area contributed by atoms with Crippen LogP contribution in [-0.2, 0) is 53.7 Å². The van der Waals surface area contributed by atoms with E-state index in [0.29, 0.717) is 20.6 Å². The number of alkyl halides is 6. The summed E-state index contributed by atoms with van der Waals surface area (Å²) in [6.45, 7) is 29.2. The number of nitrogens with zero attached hydrogens (tertiary/aromatic N) is 3. The molecule has 0 aliphatic heterocycles. The standard InChI is InChI=1S/C24H44BN2P2.C6H6.C2F6NO4S2.Pt/c1-21(2,3)28(22(4,5)6)17-26-19-15-13-14-16-20(19)27(25-26)18-29(23(7,8)9)24(10,11)12;1-2-4-6-5-3-1;3-1(4,5)14(10,11)9-15(12,13)2(6,7)8;/h13-16H,17-18H2,1-12H3;1-6H;;/q+1;;-1;/p+2. The van der Waals surface area contributed by atoms with E-state index < -0.39 is 46.9 Å². The summed E-state index contributed by atoms with van der Waals surface area (Å²) in [4.78, 5) is 0. The van der Waals surface area contributed by atoms with Gasteiger partial charge in [-0.25, -0.2) is 16.8 Å². The van der Waals surface area contributed by atoms with Gasteiger partial charge in [0.15, 0.2) is 20.0 Å². The van der Waals surface area contributed by atoms with E-state index in [1.807, 2.05) is 36.4 Å². The minimum Gasteiger partial charge on any atom is -0.421 e. The number of rotatable bonds is 6. The number of hydrogen-bond donors (Lipinski definition) is 0. The second kappa shape index (κ2) is 18.2. The minimum absolute atomic E-state index is 0. The van der Waals surface area contributed by atoms with Crippen LogP contribution in [0.4, 0.5) is 26.3 Å². The fraction of sp³-hybridized carbons (Fsp3) is 0.625. The predicted octanol–water partition coefficient (Wildman–Crippen LogP) is 9.55. The zero-order valence-electron chi connectivity index (χ0n) is 31.1. The van der Waals surface area contributed by atoms with Gasteiger partial charge in [0.1, 0.15) is 0 Å². The molecule has 0 fully saturated rings. The Hall–Kier alpha value is -0.907. The number of para-hydroxylation sites is 2. The van der Waals surface area contributed by atoms with Gasteiger partial charge < -0.3 is 4.13 Å². The molecular weight excluding hydrogens is 936 g/mol. The molecule has 7 nitrogen and oxygen atoms in total. The topological polar surface area (TPSA) is 91.2 Å². The first-order valence-electron chi connectivity index (χ1n) is 15.7. The van der Waals surface area contributed by atoms with Crippen LogP contribution in [0, 0.1) is 0 Å². The van der Waals surface area contributed by atoms with Crippen molar-refractivity contribution in [3.63, 3.8) is 0 Å². The number of fused-ring (bicyclic) bond motifs is 1. The van der Waals surface area contributed by atoms with Gasteiger partial charge in [-0.2, -0.15) is 26.3 Å². The van der Waals surface area contributed by atoms with Crippen molar-refractivity contribution < 1.29 is 68.7 Å². The van der Waals surface area contributed by atoms with E-state index in [9.17, 15) is 43.2 Å². The van der Waals surface area contributed by atoms with E-state index in [-0.39, 0.29) is 21.1 Å². The van der Waals surface area contributed by atoms with Crippen molar-refractivity contribution in [1.82, 2.24) is 4.47 Å². The molecule has 0 unspecified atom stereocenters. The number of aromatic nitrogens is 2. The summed E-state index contributed by atoms with van der Waals surface area (Å²) in [6, 6.07) is 21.0. The van der Waals surface area contributed by atoms with Crippen LogP contribution in [-0.4, -0.2) is 60.1 Å². The molecule has 0 saturated heterocycles. The quantitative estimate of drug-likeness (QED) is 0.182. The van der Waals surface area contributed by atoms with Gasteiger partial charge in [-0.1, -0.05) is 36.4 Å². The molecule has 294 valence electrons. The van der Waals surface area contributed by atoms with Crippen molar-refractivity contribution in [1.29, 1.82) is 0 Å². The van der Waals surface area contributed by atoms with Crippen molar-refractivity contribution in [2.45, 2.75) is 127 Å². The van der Waals surface area contributed by atoms with Gasteiger partial charge >= 0.3 is 195 Å². The third-order valence-corrected chi connectivity index (χ3v) is 18.8. The van der Waals surface area contributed by atoms with Crippen LogP contribution in [0.15, 0.2) is 60.7 Å². The van der Waals surface area contributed by atoms with Gasteiger partial charge in [-0.05, 0) is 0 Å². The Kier molecular flexibility index (Phi) is 17.8. The summed E-state index contributed by atoms with van der Waals surface area (Å²) < 4.78 is 114. The average Bonchev–Trinajstić information content (AvgIpc) is 3.25. The molecule has 0 aliphatic carbocycles. The zero-order chi connectivity index (χ0) is 39.4. The Balaban J connectivity index is 0.000000943. The molecule has 0 bridgehead atoms. The van der Waals surface area contributed by atoms with Crippen LogP contribution in [0.25, 0.3) is 15.2 Å². The summed E-state index contributed by atoms with van der Waals surface area (Å²) >= 11 is 0. The maximum atomic E-state index is 11.4. The Morgan fingerprint density at radius 1 is 0.608 bits per heavy atom. The normalized spacial score (nSPS) is 13.6. The summed E-state index contributed by atoms with van der Waals surface area (Å²) in [6.07, 6.45) is 2.33. The largest absolute Gasteiger partial charge is 0.480 e. The molecule has 0 spiro atoms. The Labute approximate surface area is 317 Å². The average molecular weight is 989 g/mol. The number of benzene rings is 2. The van der Waals surface area contributed by atoms with Gasteiger partial charge in [0, 0.05) is 21.1 Å². The first-order chi connectivity index (χ1) is 22.1. The fourth-order valence-electron chi connectivity index (χ4n) is 5.63. The molecule has 0 N–H and O–H groups in total. The van der Waals surface area contributed by atoms with Crippen LogP contribution in [0.1, 0.15) is 83.1 Å². The Morgan fingerprint density at radius 2 is 0.941 bits per heavy atom. The second-order valence-corrected chi connectivity index (χ2v) is 27.9. The minimum atomic E-state index is -6.72. The van der Waals surface area contributed by atoms with Crippen LogP contribution in [0.5, 0.6) is 0 Å². The summed E-state index contributed by atoms with van der Waals surface area (Å²) in [7, 11) is -12.3. The first kappa shape index (κ1) is 50.1. The Bertz CT molecular complexity index is 1590. The first-order valence-corrected chi connectivity index (χ1v) is 22.0. The van der Waals surface area contributed by atoms with Crippen molar-refractivity contribution in [2.24, 2.45) is 0 Å². The van der Waals surface area contributed by atoms with Crippen LogP contribution < -0.4 is 4.47 Å².